The zero-order chi connectivity index (χ0) is 15.3. The van der Waals surface area contributed by atoms with Crippen molar-refractivity contribution in [1.82, 2.24) is 4.72 Å². The first-order chi connectivity index (χ1) is 9.97. The number of hydrogen-bond donors (Lipinski definition) is 2. The lowest BCUT2D eigenvalue weighted by molar-refractivity contribution is 0.0243. The van der Waals surface area contributed by atoms with Crippen molar-refractivity contribution < 1.29 is 13.5 Å². The van der Waals surface area contributed by atoms with Gasteiger partial charge in [-0.1, -0.05) is 24.3 Å². The first-order valence-electron chi connectivity index (χ1n) is 7.12. The number of aryl methyl sites for hydroxylation is 1. The average Bonchev–Trinajstić information content (AvgIpc) is 2.46. The van der Waals surface area contributed by atoms with Crippen molar-refractivity contribution in [2.45, 2.75) is 37.7 Å². The summed E-state index contributed by atoms with van der Waals surface area (Å²) in [7, 11) is -3.45. The largest absolute Gasteiger partial charge is 0.384 e. The molecular weight excluding hydrogens is 288 g/mol. The highest BCUT2D eigenvalue weighted by Gasteiger charge is 2.34. The van der Waals surface area contributed by atoms with E-state index in [9.17, 15) is 13.5 Å². The van der Waals surface area contributed by atoms with Crippen molar-refractivity contribution in [2.75, 3.05) is 12.3 Å². The van der Waals surface area contributed by atoms with E-state index in [1.54, 1.807) is 0 Å². The number of aliphatic hydroxyl groups is 1. The van der Waals surface area contributed by atoms with Crippen LogP contribution in [0.1, 0.15) is 36.8 Å². The van der Waals surface area contributed by atoms with Crippen LogP contribution in [0, 0.1) is 11.3 Å². The van der Waals surface area contributed by atoms with Gasteiger partial charge >= 0.3 is 0 Å². The van der Waals surface area contributed by atoms with Crippen LogP contribution < -0.4 is 4.72 Å². The molecule has 1 unspecified atom stereocenters. The molecule has 2 N–H and O–H groups in total. The highest BCUT2D eigenvalue weighted by Crippen LogP contribution is 2.34. The Labute approximate surface area is 125 Å². The van der Waals surface area contributed by atoms with E-state index < -0.39 is 15.6 Å². The summed E-state index contributed by atoms with van der Waals surface area (Å²) in [6.45, 7) is -0.0150. The first-order valence-corrected chi connectivity index (χ1v) is 8.77. The number of nitrogens with one attached hydrogen (secondary N) is 1. The van der Waals surface area contributed by atoms with E-state index in [4.69, 9.17) is 5.26 Å². The molecule has 1 aliphatic rings. The number of hydrogen-bond acceptors (Lipinski definition) is 4. The van der Waals surface area contributed by atoms with Crippen molar-refractivity contribution in [1.29, 1.82) is 5.26 Å². The van der Waals surface area contributed by atoms with Crippen LogP contribution in [0.25, 0.3) is 0 Å². The summed E-state index contributed by atoms with van der Waals surface area (Å²) in [5.74, 6) is -0.0850. The molecule has 1 aliphatic carbocycles. The molecule has 1 aromatic rings. The fourth-order valence-electron chi connectivity index (χ4n) is 2.72. The quantitative estimate of drug-likeness (QED) is 0.778. The fourth-order valence-corrected chi connectivity index (χ4v) is 3.85. The third-order valence-electron chi connectivity index (χ3n) is 3.84. The summed E-state index contributed by atoms with van der Waals surface area (Å²) in [5.41, 5.74) is 0.753. The minimum absolute atomic E-state index is 0.0150. The Kier molecular flexibility index (Phi) is 4.99. The number of nitrogens with zero attached hydrogens (tertiary/aromatic N) is 1. The van der Waals surface area contributed by atoms with Gasteiger partial charge in [0.05, 0.1) is 11.8 Å². The van der Waals surface area contributed by atoms with Crippen molar-refractivity contribution in [3.63, 3.8) is 0 Å². The van der Waals surface area contributed by atoms with Gasteiger partial charge in [0.1, 0.15) is 5.60 Å². The van der Waals surface area contributed by atoms with Crippen LogP contribution in [0.4, 0.5) is 0 Å². The average molecular weight is 308 g/mol. The highest BCUT2D eigenvalue weighted by molar-refractivity contribution is 7.89. The molecule has 0 amide bonds. The van der Waals surface area contributed by atoms with Crippen LogP contribution in [-0.4, -0.2) is 25.8 Å². The van der Waals surface area contributed by atoms with Crippen molar-refractivity contribution >= 4 is 10.0 Å². The maximum atomic E-state index is 11.9. The SMILES string of the molecule is N#CCCCS(=O)(=O)NCC1(O)CCCc2ccccc21. The monoisotopic (exact) mass is 308 g/mol. The minimum Gasteiger partial charge on any atom is -0.384 e. The molecule has 21 heavy (non-hydrogen) atoms. The topological polar surface area (TPSA) is 90.2 Å². The van der Waals surface area contributed by atoms with Gasteiger partial charge in [-0.15, -0.1) is 0 Å². The highest BCUT2D eigenvalue weighted by atomic mass is 32.2. The first kappa shape index (κ1) is 16.0. The number of unbranched alkanes of at least 4 members (excludes halogenated alkanes) is 1. The van der Waals surface area contributed by atoms with Crippen molar-refractivity contribution in [3.8, 4) is 6.07 Å². The van der Waals surface area contributed by atoms with Crippen LogP contribution in [0.2, 0.25) is 0 Å². The standard InChI is InChI=1S/C15H20N2O3S/c16-10-3-4-11-21(19,20)17-12-15(18)9-5-7-13-6-1-2-8-14(13)15/h1-2,6,8,17-18H,3-5,7,9,11-12H2. The predicted octanol–water partition coefficient (Wildman–Crippen LogP) is 1.43. The second kappa shape index (κ2) is 6.56. The number of nitriles is 1. The van der Waals surface area contributed by atoms with Gasteiger partial charge in [0.25, 0.3) is 0 Å². The summed E-state index contributed by atoms with van der Waals surface area (Å²) in [5, 5.41) is 19.2. The van der Waals surface area contributed by atoms with Crippen LogP contribution in [0.5, 0.6) is 0 Å². The lowest BCUT2D eigenvalue weighted by Crippen LogP contribution is -2.43. The van der Waals surface area contributed by atoms with E-state index in [1.807, 2.05) is 30.3 Å². The van der Waals surface area contributed by atoms with Gasteiger partial charge in [-0.05, 0) is 36.8 Å². The van der Waals surface area contributed by atoms with Gasteiger partial charge in [0.2, 0.25) is 10.0 Å². The Hall–Kier alpha value is -1.42. The molecule has 0 bridgehead atoms. The molecule has 0 aromatic heterocycles. The molecule has 0 radical (unpaired) electrons. The molecule has 0 heterocycles. The second-order valence-corrected chi connectivity index (χ2v) is 7.37. The van der Waals surface area contributed by atoms with Gasteiger partial charge in [-0.3, -0.25) is 0 Å². The normalized spacial score (nSPS) is 21.5. The molecule has 0 saturated carbocycles. The van der Waals surface area contributed by atoms with E-state index in [-0.39, 0.29) is 18.7 Å². The summed E-state index contributed by atoms with van der Waals surface area (Å²) in [6, 6.07) is 9.54. The summed E-state index contributed by atoms with van der Waals surface area (Å²) in [6.07, 6.45) is 2.82. The molecular formula is C15H20N2O3S. The fraction of sp³-hybridized carbons (Fsp3) is 0.533. The third-order valence-corrected chi connectivity index (χ3v) is 5.25. The van der Waals surface area contributed by atoms with Crippen LogP contribution in [0.3, 0.4) is 0 Å². The van der Waals surface area contributed by atoms with Gasteiger partial charge in [-0.25, -0.2) is 13.1 Å². The van der Waals surface area contributed by atoms with Crippen LogP contribution in [0.15, 0.2) is 24.3 Å². The molecule has 0 spiro atoms. The number of benzene rings is 1. The zero-order valence-corrected chi connectivity index (χ0v) is 12.7. The Bertz CT molecular complexity index is 637. The molecule has 6 heteroatoms. The van der Waals surface area contributed by atoms with Crippen LogP contribution >= 0.6 is 0 Å². The molecule has 0 aliphatic heterocycles. The summed E-state index contributed by atoms with van der Waals surface area (Å²) >= 11 is 0. The van der Waals surface area contributed by atoms with Gasteiger partial charge in [0.15, 0.2) is 0 Å². The van der Waals surface area contributed by atoms with E-state index in [0.29, 0.717) is 12.8 Å². The molecule has 114 valence electrons. The molecule has 1 aromatic carbocycles. The van der Waals surface area contributed by atoms with Crippen molar-refractivity contribution in [3.05, 3.63) is 35.4 Å². The number of fused-ring (bicyclic) bond motifs is 1. The smallest absolute Gasteiger partial charge is 0.211 e. The Morgan fingerprint density at radius 3 is 2.90 bits per heavy atom. The minimum atomic E-state index is -3.45. The lowest BCUT2D eigenvalue weighted by Gasteiger charge is -2.34. The van der Waals surface area contributed by atoms with Gasteiger partial charge in [-0.2, -0.15) is 5.26 Å². The lowest BCUT2D eigenvalue weighted by atomic mass is 9.79. The van der Waals surface area contributed by atoms with E-state index in [1.165, 1.54) is 0 Å². The van der Waals surface area contributed by atoms with Crippen LogP contribution in [-0.2, 0) is 22.0 Å². The maximum absolute atomic E-state index is 11.9. The van der Waals surface area contributed by atoms with E-state index in [2.05, 4.69) is 4.72 Å². The molecule has 0 saturated heterocycles. The predicted molar refractivity (Wildman–Crippen MR) is 79.9 cm³/mol. The van der Waals surface area contributed by atoms with E-state index in [0.717, 1.165) is 24.0 Å². The van der Waals surface area contributed by atoms with Gasteiger partial charge in [0, 0.05) is 13.0 Å². The van der Waals surface area contributed by atoms with E-state index >= 15 is 0 Å². The maximum Gasteiger partial charge on any atom is 0.211 e. The Balaban J connectivity index is 2.05. The summed E-state index contributed by atoms with van der Waals surface area (Å²) < 4.78 is 26.2. The Morgan fingerprint density at radius 1 is 1.38 bits per heavy atom. The Morgan fingerprint density at radius 2 is 2.14 bits per heavy atom. The number of sulfonamides is 1. The second-order valence-electron chi connectivity index (χ2n) is 5.44. The molecule has 1 atom stereocenters. The summed E-state index contributed by atoms with van der Waals surface area (Å²) in [4.78, 5) is 0. The molecule has 5 nitrogen and oxygen atoms in total. The third kappa shape index (κ3) is 4.03. The molecule has 2 rings (SSSR count). The van der Waals surface area contributed by atoms with Gasteiger partial charge < -0.3 is 5.11 Å². The van der Waals surface area contributed by atoms with Crippen molar-refractivity contribution in [2.24, 2.45) is 0 Å². The molecule has 0 fully saturated rings. The number of rotatable bonds is 6. The zero-order valence-electron chi connectivity index (χ0n) is 11.9.